The predicted molar refractivity (Wildman–Crippen MR) is 78.4 cm³/mol. The fourth-order valence-corrected chi connectivity index (χ4v) is 3.37. The lowest BCUT2D eigenvalue weighted by molar-refractivity contribution is 0.0936. The number of carbonyl (C=O) groups is 1. The smallest absolute Gasteiger partial charge is 0.261 e. The molecule has 1 N–H and O–H groups in total. The van der Waals surface area contributed by atoms with Gasteiger partial charge in [0.2, 0.25) is 0 Å². The highest BCUT2D eigenvalue weighted by molar-refractivity contribution is 8.13. The van der Waals surface area contributed by atoms with Crippen LogP contribution in [0.5, 0.6) is 0 Å². The van der Waals surface area contributed by atoms with Crippen LogP contribution in [0.1, 0.15) is 43.5 Å². The van der Waals surface area contributed by atoms with Crippen LogP contribution in [0, 0.1) is 5.41 Å². The van der Waals surface area contributed by atoms with Crippen molar-refractivity contribution < 1.29 is 13.2 Å². The van der Waals surface area contributed by atoms with E-state index in [4.69, 9.17) is 10.7 Å². The molecule has 1 atom stereocenters. The van der Waals surface area contributed by atoms with Crippen LogP contribution in [0.4, 0.5) is 0 Å². The molecule has 110 valence electrons. The molecule has 0 heterocycles. The third-order valence-corrected chi connectivity index (χ3v) is 5.07. The van der Waals surface area contributed by atoms with Gasteiger partial charge in [0.1, 0.15) is 0 Å². The number of benzene rings is 1. The van der Waals surface area contributed by atoms with E-state index in [9.17, 15) is 13.2 Å². The van der Waals surface area contributed by atoms with E-state index in [-0.39, 0.29) is 22.3 Å². The molecule has 1 aliphatic rings. The lowest BCUT2D eigenvalue weighted by atomic mass is 9.92. The molecule has 1 amide bonds. The minimum Gasteiger partial charge on any atom is -0.349 e. The summed E-state index contributed by atoms with van der Waals surface area (Å²) in [6.07, 6.45) is 3.04. The number of rotatable bonds is 3. The van der Waals surface area contributed by atoms with Gasteiger partial charge >= 0.3 is 0 Å². The van der Waals surface area contributed by atoms with Crippen molar-refractivity contribution in [2.45, 2.75) is 44.0 Å². The molecule has 2 rings (SSSR count). The Morgan fingerprint density at radius 2 is 1.90 bits per heavy atom. The third kappa shape index (κ3) is 3.73. The first-order valence-corrected chi connectivity index (χ1v) is 8.84. The van der Waals surface area contributed by atoms with Crippen LogP contribution in [0.3, 0.4) is 0 Å². The van der Waals surface area contributed by atoms with Crippen molar-refractivity contribution in [3.63, 3.8) is 0 Å². The molecule has 0 spiro atoms. The number of hydrogen-bond donors (Lipinski definition) is 1. The topological polar surface area (TPSA) is 63.2 Å². The van der Waals surface area contributed by atoms with Crippen molar-refractivity contribution in [3.05, 3.63) is 29.8 Å². The van der Waals surface area contributed by atoms with Crippen LogP contribution in [0.25, 0.3) is 0 Å². The van der Waals surface area contributed by atoms with E-state index in [0.29, 0.717) is 5.56 Å². The van der Waals surface area contributed by atoms with Crippen LogP contribution in [0.15, 0.2) is 29.2 Å². The zero-order chi connectivity index (χ0) is 15.0. The lowest BCUT2D eigenvalue weighted by Gasteiger charge is -2.17. The largest absolute Gasteiger partial charge is 0.349 e. The first-order chi connectivity index (χ1) is 9.17. The molecular weight excluding hydrogens is 298 g/mol. The highest BCUT2D eigenvalue weighted by atomic mass is 35.7. The Bertz CT molecular complexity index is 608. The van der Waals surface area contributed by atoms with Gasteiger partial charge in [-0.25, -0.2) is 8.42 Å². The van der Waals surface area contributed by atoms with Crippen LogP contribution in [0.2, 0.25) is 0 Å². The summed E-state index contributed by atoms with van der Waals surface area (Å²) in [6, 6.07) is 5.83. The predicted octanol–water partition coefficient (Wildman–Crippen LogP) is 2.92. The minimum atomic E-state index is -3.74. The van der Waals surface area contributed by atoms with E-state index in [0.717, 1.165) is 19.3 Å². The zero-order valence-electron chi connectivity index (χ0n) is 11.5. The van der Waals surface area contributed by atoms with Gasteiger partial charge in [-0.3, -0.25) is 4.79 Å². The van der Waals surface area contributed by atoms with E-state index in [2.05, 4.69) is 19.2 Å². The van der Waals surface area contributed by atoms with Crippen LogP contribution in [-0.4, -0.2) is 20.4 Å². The lowest BCUT2D eigenvalue weighted by Crippen LogP contribution is -2.33. The summed E-state index contributed by atoms with van der Waals surface area (Å²) in [6.45, 7) is 4.39. The van der Waals surface area contributed by atoms with Gasteiger partial charge in [-0.1, -0.05) is 13.8 Å². The maximum atomic E-state index is 12.1. The molecule has 0 bridgehead atoms. The van der Waals surface area contributed by atoms with Crippen LogP contribution in [-0.2, 0) is 9.05 Å². The molecule has 0 saturated heterocycles. The molecule has 20 heavy (non-hydrogen) atoms. The number of amides is 1. The van der Waals surface area contributed by atoms with Gasteiger partial charge in [0.05, 0.1) is 4.90 Å². The number of halogens is 1. The normalized spacial score (nSPS) is 21.6. The highest BCUT2D eigenvalue weighted by Gasteiger charge is 2.31. The molecular formula is C14H18ClNO3S. The van der Waals surface area contributed by atoms with Gasteiger partial charge in [-0.15, -0.1) is 0 Å². The van der Waals surface area contributed by atoms with E-state index in [1.165, 1.54) is 24.3 Å². The highest BCUT2D eigenvalue weighted by Crippen LogP contribution is 2.36. The summed E-state index contributed by atoms with van der Waals surface area (Å²) in [5, 5.41) is 2.99. The van der Waals surface area contributed by atoms with Crippen molar-refractivity contribution in [2.75, 3.05) is 0 Å². The molecule has 1 saturated carbocycles. The molecule has 1 aliphatic carbocycles. The van der Waals surface area contributed by atoms with Crippen molar-refractivity contribution >= 4 is 25.6 Å². The Morgan fingerprint density at radius 1 is 1.30 bits per heavy atom. The molecule has 0 aliphatic heterocycles. The van der Waals surface area contributed by atoms with Crippen molar-refractivity contribution in [3.8, 4) is 0 Å². The fourth-order valence-electron chi connectivity index (χ4n) is 2.60. The molecule has 1 fully saturated rings. The molecule has 0 aromatic heterocycles. The Balaban J connectivity index is 2.03. The van der Waals surface area contributed by atoms with Crippen LogP contribution >= 0.6 is 10.7 Å². The van der Waals surface area contributed by atoms with Crippen molar-refractivity contribution in [1.29, 1.82) is 0 Å². The molecule has 1 unspecified atom stereocenters. The molecule has 1 aromatic carbocycles. The van der Waals surface area contributed by atoms with E-state index in [1.54, 1.807) is 0 Å². The number of carbonyl (C=O) groups excluding carboxylic acids is 1. The molecule has 4 nitrogen and oxygen atoms in total. The van der Waals surface area contributed by atoms with Crippen molar-refractivity contribution in [2.24, 2.45) is 5.41 Å². The Hall–Kier alpha value is -1.07. The quantitative estimate of drug-likeness (QED) is 0.872. The van der Waals surface area contributed by atoms with E-state index >= 15 is 0 Å². The van der Waals surface area contributed by atoms with Gasteiger partial charge < -0.3 is 5.32 Å². The average molecular weight is 316 g/mol. The van der Waals surface area contributed by atoms with E-state index < -0.39 is 9.05 Å². The fraction of sp³-hybridized carbons (Fsp3) is 0.500. The maximum Gasteiger partial charge on any atom is 0.261 e. The average Bonchev–Trinajstić information content (AvgIpc) is 2.67. The van der Waals surface area contributed by atoms with Gasteiger partial charge in [0.15, 0.2) is 0 Å². The summed E-state index contributed by atoms with van der Waals surface area (Å²) in [4.78, 5) is 12.1. The SMILES string of the molecule is CC1(C)CCC(NC(=O)c2ccc(S(=O)(=O)Cl)cc2)C1. The van der Waals surface area contributed by atoms with Gasteiger partial charge in [0, 0.05) is 22.3 Å². The minimum absolute atomic E-state index is 0.00211. The standard InChI is InChI=1S/C14H18ClNO3S/c1-14(2)8-7-11(9-14)16-13(17)10-3-5-12(6-4-10)20(15,18)19/h3-6,11H,7-9H2,1-2H3,(H,16,17). The Morgan fingerprint density at radius 3 is 2.35 bits per heavy atom. The monoisotopic (exact) mass is 315 g/mol. The summed E-state index contributed by atoms with van der Waals surface area (Å²) in [5.74, 6) is -0.175. The second-order valence-corrected chi connectivity index (χ2v) is 8.61. The molecule has 6 heteroatoms. The number of nitrogens with one attached hydrogen (secondary N) is 1. The summed E-state index contributed by atoms with van der Waals surface area (Å²) >= 11 is 0. The van der Waals surface area contributed by atoms with E-state index in [1.807, 2.05) is 0 Å². The summed E-state index contributed by atoms with van der Waals surface area (Å²) < 4.78 is 22.3. The summed E-state index contributed by atoms with van der Waals surface area (Å²) in [5.41, 5.74) is 0.716. The van der Waals surface area contributed by atoms with Gasteiger partial charge in [-0.2, -0.15) is 0 Å². The second kappa shape index (κ2) is 5.37. The Kier molecular flexibility index (Phi) is 4.12. The van der Waals surface area contributed by atoms with Gasteiger partial charge in [0.25, 0.3) is 15.0 Å². The van der Waals surface area contributed by atoms with Crippen molar-refractivity contribution in [1.82, 2.24) is 5.32 Å². The van der Waals surface area contributed by atoms with Crippen LogP contribution < -0.4 is 5.32 Å². The second-order valence-electron chi connectivity index (χ2n) is 6.04. The molecule has 1 aromatic rings. The first kappa shape index (κ1) is 15.3. The maximum absolute atomic E-state index is 12.1. The first-order valence-electron chi connectivity index (χ1n) is 6.53. The third-order valence-electron chi connectivity index (χ3n) is 3.70. The summed E-state index contributed by atoms with van der Waals surface area (Å²) in [7, 11) is 1.49. The molecule has 0 radical (unpaired) electrons. The number of hydrogen-bond acceptors (Lipinski definition) is 3. The Labute approximate surface area is 123 Å². The van der Waals surface area contributed by atoms with Gasteiger partial charge in [-0.05, 0) is 48.9 Å². The zero-order valence-corrected chi connectivity index (χ0v) is 13.1.